The van der Waals surface area contributed by atoms with Crippen LogP contribution in [0.5, 0.6) is 5.75 Å². The molecule has 9 nitrogen and oxygen atoms in total. The molecule has 226 valence electrons. The van der Waals surface area contributed by atoms with E-state index in [2.05, 4.69) is 15.4 Å². The van der Waals surface area contributed by atoms with Gasteiger partial charge in [0, 0.05) is 31.4 Å². The van der Waals surface area contributed by atoms with Crippen LogP contribution in [0.15, 0.2) is 30.3 Å². The van der Waals surface area contributed by atoms with Crippen LogP contribution in [0.4, 0.5) is 28.9 Å². The van der Waals surface area contributed by atoms with E-state index in [1.807, 2.05) is 20.8 Å². The van der Waals surface area contributed by atoms with Gasteiger partial charge in [0.15, 0.2) is 5.75 Å². The highest BCUT2D eigenvalue weighted by Crippen LogP contribution is 2.34. The van der Waals surface area contributed by atoms with E-state index < -0.39 is 48.8 Å². The van der Waals surface area contributed by atoms with Crippen LogP contribution in [0.3, 0.4) is 0 Å². The average molecular weight is 623 g/mol. The van der Waals surface area contributed by atoms with Gasteiger partial charge < -0.3 is 25.0 Å². The van der Waals surface area contributed by atoms with E-state index >= 15 is 0 Å². The summed E-state index contributed by atoms with van der Waals surface area (Å²) in [5.41, 5.74) is -0.421. The SMILES string of the molecule is CC(C)(C)CN(CC(F)F)[C@H](CNC(=O)c1ccc(Cl)s1)C(=O)Nc1ccc(N2CCOCC2=O)c(OC(F)F)c1. The molecule has 1 atom stereocenters. The van der Waals surface area contributed by atoms with E-state index in [4.69, 9.17) is 16.3 Å². The fourth-order valence-electron chi connectivity index (χ4n) is 4.19. The summed E-state index contributed by atoms with van der Waals surface area (Å²) < 4.78 is 63.7. The Balaban J connectivity index is 1.89. The normalized spacial score (nSPS) is 15.0. The summed E-state index contributed by atoms with van der Waals surface area (Å²) in [6.45, 7) is 1.27. The number of thiophene rings is 1. The van der Waals surface area contributed by atoms with E-state index in [0.29, 0.717) is 4.34 Å². The molecule has 1 aliphatic heterocycles. The fourth-order valence-corrected chi connectivity index (χ4v) is 5.15. The number of rotatable bonds is 12. The standard InChI is InChI=1S/C26H31ClF4N4O5S/c1-26(2,3)14-34(12-21(28)29)17(11-32-24(38)19-6-7-20(27)41-19)23(37)33-15-4-5-16(18(10-15)40-25(30)31)35-8-9-39-13-22(35)36/h4-7,10,17,21,25H,8-9,11-14H2,1-3H3,(H,32,38)(H,33,37)/t17-/m1/s1. The first kappa shape index (κ1) is 32.6. The van der Waals surface area contributed by atoms with E-state index in [1.54, 1.807) is 0 Å². The molecule has 15 heteroatoms. The minimum Gasteiger partial charge on any atom is -0.433 e. The molecule has 1 fully saturated rings. The number of carbonyl (C=O) groups is 3. The Kier molecular flexibility index (Phi) is 11.4. The highest BCUT2D eigenvalue weighted by Gasteiger charge is 2.32. The van der Waals surface area contributed by atoms with Gasteiger partial charge in [-0.15, -0.1) is 11.3 Å². The number of carbonyl (C=O) groups excluding carboxylic acids is 3. The van der Waals surface area contributed by atoms with Crippen molar-refractivity contribution in [1.82, 2.24) is 10.2 Å². The summed E-state index contributed by atoms with van der Waals surface area (Å²) in [4.78, 5) is 41.2. The third-order valence-corrected chi connectivity index (χ3v) is 7.00. The summed E-state index contributed by atoms with van der Waals surface area (Å²) in [5, 5.41) is 5.15. The minimum absolute atomic E-state index is 0.0178. The molecule has 41 heavy (non-hydrogen) atoms. The van der Waals surface area contributed by atoms with E-state index in [-0.39, 0.29) is 54.8 Å². The van der Waals surface area contributed by atoms with Crippen LogP contribution in [0.1, 0.15) is 30.4 Å². The van der Waals surface area contributed by atoms with Gasteiger partial charge in [-0.1, -0.05) is 32.4 Å². The van der Waals surface area contributed by atoms with Gasteiger partial charge in [0.1, 0.15) is 12.6 Å². The van der Waals surface area contributed by atoms with Gasteiger partial charge in [0.25, 0.3) is 18.2 Å². The van der Waals surface area contributed by atoms with Gasteiger partial charge >= 0.3 is 6.61 Å². The van der Waals surface area contributed by atoms with Crippen molar-refractivity contribution < 1.29 is 41.4 Å². The number of morpholine rings is 1. The Labute approximate surface area is 243 Å². The zero-order valence-corrected chi connectivity index (χ0v) is 24.2. The van der Waals surface area contributed by atoms with Crippen molar-refractivity contribution in [1.29, 1.82) is 0 Å². The molecule has 1 aromatic carbocycles. The summed E-state index contributed by atoms with van der Waals surface area (Å²) in [6, 6.07) is 5.59. The second-order valence-corrected chi connectivity index (χ2v) is 12.1. The molecule has 0 saturated carbocycles. The van der Waals surface area contributed by atoms with Crippen molar-refractivity contribution in [3.8, 4) is 5.75 Å². The molecule has 1 aromatic heterocycles. The fraction of sp³-hybridized carbons (Fsp3) is 0.500. The number of alkyl halides is 4. The smallest absolute Gasteiger partial charge is 0.387 e. The van der Waals surface area contributed by atoms with Crippen LogP contribution < -0.4 is 20.3 Å². The quantitative estimate of drug-likeness (QED) is 0.333. The molecule has 2 aromatic rings. The van der Waals surface area contributed by atoms with Crippen molar-refractivity contribution in [3.63, 3.8) is 0 Å². The van der Waals surface area contributed by atoms with Gasteiger partial charge in [-0.2, -0.15) is 8.78 Å². The number of nitrogens with one attached hydrogen (secondary N) is 2. The van der Waals surface area contributed by atoms with Crippen molar-refractivity contribution in [2.45, 2.75) is 39.9 Å². The Bertz CT molecular complexity index is 1230. The maximum Gasteiger partial charge on any atom is 0.387 e. The first-order chi connectivity index (χ1) is 19.2. The predicted molar refractivity (Wildman–Crippen MR) is 147 cm³/mol. The van der Waals surface area contributed by atoms with E-state index in [9.17, 15) is 31.9 Å². The van der Waals surface area contributed by atoms with Crippen LogP contribution in [0, 0.1) is 5.41 Å². The number of nitrogens with zero attached hydrogens (tertiary/aromatic N) is 2. The molecule has 0 spiro atoms. The monoisotopic (exact) mass is 622 g/mol. The largest absolute Gasteiger partial charge is 0.433 e. The Morgan fingerprint density at radius 1 is 1.20 bits per heavy atom. The van der Waals surface area contributed by atoms with Gasteiger partial charge in [-0.05, 0) is 29.7 Å². The number of hydrogen-bond acceptors (Lipinski definition) is 7. The molecule has 0 bridgehead atoms. The van der Waals surface area contributed by atoms with Gasteiger partial charge in [-0.3, -0.25) is 19.3 Å². The topological polar surface area (TPSA) is 100 Å². The van der Waals surface area contributed by atoms with Gasteiger partial charge in [0.2, 0.25) is 5.91 Å². The highest BCUT2D eigenvalue weighted by molar-refractivity contribution is 7.18. The van der Waals surface area contributed by atoms with Crippen LogP contribution in [0.2, 0.25) is 4.34 Å². The van der Waals surface area contributed by atoms with Crippen LogP contribution in [-0.4, -0.2) is 81.1 Å². The number of amides is 3. The molecule has 0 radical (unpaired) electrons. The molecule has 0 aliphatic carbocycles. The molecular formula is C26H31ClF4N4O5S. The third kappa shape index (κ3) is 9.83. The first-order valence-electron chi connectivity index (χ1n) is 12.6. The van der Waals surface area contributed by atoms with Crippen LogP contribution in [-0.2, 0) is 14.3 Å². The van der Waals surface area contributed by atoms with Crippen LogP contribution >= 0.6 is 22.9 Å². The maximum atomic E-state index is 13.6. The van der Waals surface area contributed by atoms with Gasteiger partial charge in [-0.25, -0.2) is 8.78 Å². The lowest BCUT2D eigenvalue weighted by Crippen LogP contribution is -2.54. The lowest BCUT2D eigenvalue weighted by atomic mass is 9.95. The van der Waals surface area contributed by atoms with Crippen molar-refractivity contribution in [2.75, 3.05) is 49.6 Å². The molecule has 2 N–H and O–H groups in total. The predicted octanol–water partition coefficient (Wildman–Crippen LogP) is 4.72. The summed E-state index contributed by atoms with van der Waals surface area (Å²) in [6.07, 6.45) is -2.78. The Morgan fingerprint density at radius 2 is 1.93 bits per heavy atom. The second-order valence-electron chi connectivity index (χ2n) is 10.4. The lowest BCUT2D eigenvalue weighted by molar-refractivity contribution is -0.126. The molecule has 2 heterocycles. The second kappa shape index (κ2) is 14.3. The number of hydrogen-bond donors (Lipinski definition) is 2. The van der Waals surface area contributed by atoms with Crippen molar-refractivity contribution in [3.05, 3.63) is 39.5 Å². The lowest BCUT2D eigenvalue weighted by Gasteiger charge is -2.35. The van der Waals surface area contributed by atoms with E-state index in [1.165, 1.54) is 34.1 Å². The molecule has 1 aliphatic rings. The number of benzene rings is 1. The van der Waals surface area contributed by atoms with E-state index in [0.717, 1.165) is 17.4 Å². The molecule has 0 unspecified atom stereocenters. The summed E-state index contributed by atoms with van der Waals surface area (Å²) in [7, 11) is 0. The number of ether oxygens (including phenoxy) is 2. The van der Waals surface area contributed by atoms with Gasteiger partial charge in [0.05, 0.1) is 28.1 Å². The number of anilines is 2. The molecule has 3 rings (SSSR count). The molecular weight excluding hydrogens is 592 g/mol. The van der Waals surface area contributed by atoms with Crippen molar-refractivity contribution >= 4 is 52.0 Å². The third-order valence-electron chi connectivity index (χ3n) is 5.77. The zero-order chi connectivity index (χ0) is 30.3. The highest BCUT2D eigenvalue weighted by atomic mass is 35.5. The zero-order valence-electron chi connectivity index (χ0n) is 22.6. The summed E-state index contributed by atoms with van der Waals surface area (Å²) in [5.74, 6) is -2.14. The number of halogens is 5. The average Bonchev–Trinajstić information content (AvgIpc) is 3.29. The Morgan fingerprint density at radius 3 is 2.51 bits per heavy atom. The van der Waals surface area contributed by atoms with Crippen LogP contribution in [0.25, 0.3) is 0 Å². The maximum absolute atomic E-state index is 13.6. The first-order valence-corrected chi connectivity index (χ1v) is 13.8. The molecule has 1 saturated heterocycles. The minimum atomic E-state index is -3.22. The van der Waals surface area contributed by atoms with Crippen molar-refractivity contribution in [2.24, 2.45) is 5.41 Å². The molecule has 3 amide bonds. The Hall–Kier alpha value is -2.94. The summed E-state index contributed by atoms with van der Waals surface area (Å²) >= 11 is 6.91.